The van der Waals surface area contributed by atoms with E-state index in [2.05, 4.69) is 10.3 Å². The molecule has 6 heteroatoms. The van der Waals surface area contributed by atoms with E-state index in [1.807, 2.05) is 26.2 Å². The molecule has 0 fully saturated rings. The van der Waals surface area contributed by atoms with Crippen LogP contribution in [0.2, 0.25) is 0 Å². The first-order valence-electron chi connectivity index (χ1n) is 6.98. The molecular weight excluding hydrogens is 288 g/mol. The van der Waals surface area contributed by atoms with Gasteiger partial charge in [0, 0.05) is 11.9 Å². The van der Waals surface area contributed by atoms with Crippen molar-refractivity contribution >= 4 is 17.2 Å². The van der Waals surface area contributed by atoms with Crippen molar-refractivity contribution in [2.75, 3.05) is 6.54 Å². The molecule has 21 heavy (non-hydrogen) atoms. The molecule has 0 saturated heterocycles. The van der Waals surface area contributed by atoms with Crippen molar-refractivity contribution in [2.45, 2.75) is 33.3 Å². The maximum absolute atomic E-state index is 12.0. The number of nitrogens with one attached hydrogen (secondary N) is 1. The first kappa shape index (κ1) is 15.7. The Balaban J connectivity index is 1.96. The summed E-state index contributed by atoms with van der Waals surface area (Å²) in [6.45, 7) is 6.12. The molecule has 2 unspecified atom stereocenters. The van der Waals surface area contributed by atoms with E-state index in [1.54, 1.807) is 6.07 Å². The van der Waals surface area contributed by atoms with Crippen molar-refractivity contribution in [3.63, 3.8) is 0 Å². The normalized spacial score (nSPS) is 13.9. The number of aryl methyl sites for hydroxylation is 1. The lowest BCUT2D eigenvalue weighted by atomic mass is 10.0. The highest BCUT2D eigenvalue weighted by atomic mass is 32.1. The summed E-state index contributed by atoms with van der Waals surface area (Å²) < 4.78 is 5.38. The smallest absolute Gasteiger partial charge is 0.254 e. The van der Waals surface area contributed by atoms with Crippen molar-refractivity contribution in [3.8, 4) is 11.5 Å². The van der Waals surface area contributed by atoms with Crippen molar-refractivity contribution in [1.29, 1.82) is 0 Å². The van der Waals surface area contributed by atoms with Gasteiger partial charge in [-0.05, 0) is 18.9 Å². The summed E-state index contributed by atoms with van der Waals surface area (Å²) in [5.74, 6) is 0.481. The van der Waals surface area contributed by atoms with E-state index in [4.69, 9.17) is 4.42 Å². The van der Waals surface area contributed by atoms with E-state index in [0.717, 1.165) is 17.1 Å². The topological polar surface area (TPSA) is 75.4 Å². The zero-order valence-electron chi connectivity index (χ0n) is 12.4. The fraction of sp³-hybridized carbons (Fsp3) is 0.467. The molecule has 0 aliphatic heterocycles. The van der Waals surface area contributed by atoms with Crippen LogP contribution >= 0.6 is 11.3 Å². The molecule has 5 nitrogen and oxygen atoms in total. The lowest BCUT2D eigenvalue weighted by Gasteiger charge is -2.17. The van der Waals surface area contributed by atoms with E-state index in [-0.39, 0.29) is 18.4 Å². The Labute approximate surface area is 128 Å². The quantitative estimate of drug-likeness (QED) is 0.860. The van der Waals surface area contributed by atoms with Crippen molar-refractivity contribution in [2.24, 2.45) is 5.92 Å². The molecule has 1 amide bonds. The zero-order chi connectivity index (χ0) is 15.4. The minimum absolute atomic E-state index is 0.156. The van der Waals surface area contributed by atoms with Crippen LogP contribution in [-0.4, -0.2) is 28.6 Å². The molecule has 0 saturated carbocycles. The lowest BCUT2D eigenvalue weighted by molar-refractivity contribution is 0.0849. The summed E-state index contributed by atoms with van der Waals surface area (Å²) in [6, 6.07) is 1.67. The van der Waals surface area contributed by atoms with Gasteiger partial charge in [0.15, 0.2) is 5.76 Å². The molecule has 0 radical (unpaired) electrons. The van der Waals surface area contributed by atoms with Crippen molar-refractivity contribution in [3.05, 3.63) is 28.3 Å². The fourth-order valence-corrected chi connectivity index (χ4v) is 2.44. The third-order valence-electron chi connectivity index (χ3n) is 3.51. The summed E-state index contributed by atoms with van der Waals surface area (Å²) in [5.41, 5.74) is 1.17. The van der Waals surface area contributed by atoms with Gasteiger partial charge in [-0.15, -0.1) is 11.3 Å². The molecule has 0 aromatic carbocycles. The van der Waals surface area contributed by atoms with Crippen LogP contribution in [-0.2, 0) is 0 Å². The number of aliphatic hydroxyl groups is 1. The Morgan fingerprint density at radius 3 is 2.95 bits per heavy atom. The monoisotopic (exact) mass is 308 g/mol. The summed E-state index contributed by atoms with van der Waals surface area (Å²) >= 11 is 1.53. The van der Waals surface area contributed by atoms with Crippen LogP contribution in [0.1, 0.15) is 35.6 Å². The molecule has 2 atom stereocenters. The van der Waals surface area contributed by atoms with E-state index < -0.39 is 6.10 Å². The van der Waals surface area contributed by atoms with Gasteiger partial charge in [0.2, 0.25) is 0 Å². The van der Waals surface area contributed by atoms with Gasteiger partial charge in [0.1, 0.15) is 12.0 Å². The third-order valence-corrected chi connectivity index (χ3v) is 4.28. The molecule has 0 aliphatic rings. The largest absolute Gasteiger partial charge is 0.462 e. The van der Waals surface area contributed by atoms with Gasteiger partial charge in [0.05, 0.1) is 16.7 Å². The van der Waals surface area contributed by atoms with Gasteiger partial charge in [0.25, 0.3) is 5.91 Å². The van der Waals surface area contributed by atoms with Crippen LogP contribution in [0.3, 0.4) is 0 Å². The second-order valence-electron chi connectivity index (χ2n) is 5.11. The number of thiazole rings is 1. The lowest BCUT2D eigenvalue weighted by Crippen LogP contribution is -2.35. The second kappa shape index (κ2) is 6.87. The molecule has 0 bridgehead atoms. The van der Waals surface area contributed by atoms with Gasteiger partial charge in [-0.25, -0.2) is 4.98 Å². The molecule has 2 rings (SSSR count). The van der Waals surface area contributed by atoms with Gasteiger partial charge in [-0.1, -0.05) is 20.3 Å². The van der Waals surface area contributed by atoms with E-state index in [0.29, 0.717) is 11.3 Å². The van der Waals surface area contributed by atoms with Gasteiger partial charge >= 0.3 is 0 Å². The van der Waals surface area contributed by atoms with Crippen molar-refractivity contribution in [1.82, 2.24) is 10.3 Å². The summed E-state index contributed by atoms with van der Waals surface area (Å²) in [6.07, 6.45) is 1.75. The number of rotatable bonds is 6. The number of furan rings is 1. The maximum Gasteiger partial charge on any atom is 0.254 e. The Hall–Kier alpha value is -1.66. The molecule has 0 spiro atoms. The summed E-state index contributed by atoms with van der Waals surface area (Å²) in [4.78, 5) is 16.3. The number of aromatic nitrogens is 1. The minimum Gasteiger partial charge on any atom is -0.462 e. The average Bonchev–Trinajstić information content (AvgIpc) is 3.11. The summed E-state index contributed by atoms with van der Waals surface area (Å²) in [5, 5.41) is 15.4. The van der Waals surface area contributed by atoms with Gasteiger partial charge in [-0.2, -0.15) is 0 Å². The highest BCUT2D eigenvalue weighted by Gasteiger charge is 2.16. The predicted molar refractivity (Wildman–Crippen MR) is 82.3 cm³/mol. The Kier molecular flexibility index (Phi) is 5.14. The SMILES string of the molecule is CCC(C)C(O)CNC(=O)c1coc(-c2csc(C)n2)c1. The number of carbonyl (C=O) groups excluding carboxylic acids is 1. The van der Waals surface area contributed by atoms with Crippen LogP contribution < -0.4 is 5.32 Å². The molecule has 114 valence electrons. The third kappa shape index (κ3) is 3.92. The van der Waals surface area contributed by atoms with Crippen LogP contribution in [0.5, 0.6) is 0 Å². The minimum atomic E-state index is -0.536. The Morgan fingerprint density at radius 1 is 1.57 bits per heavy atom. The van der Waals surface area contributed by atoms with E-state index >= 15 is 0 Å². The maximum atomic E-state index is 12.0. The van der Waals surface area contributed by atoms with E-state index in [9.17, 15) is 9.90 Å². The van der Waals surface area contributed by atoms with Crippen LogP contribution in [0.4, 0.5) is 0 Å². The summed E-state index contributed by atoms with van der Waals surface area (Å²) in [7, 11) is 0. The van der Waals surface area contributed by atoms with Gasteiger partial charge in [-0.3, -0.25) is 4.79 Å². The second-order valence-corrected chi connectivity index (χ2v) is 6.18. The number of amides is 1. The average molecular weight is 308 g/mol. The number of nitrogens with zero attached hydrogens (tertiary/aromatic N) is 1. The number of aliphatic hydroxyl groups excluding tert-OH is 1. The first-order valence-corrected chi connectivity index (χ1v) is 7.86. The Morgan fingerprint density at radius 2 is 2.33 bits per heavy atom. The predicted octanol–water partition coefficient (Wildman–Crippen LogP) is 2.85. The van der Waals surface area contributed by atoms with Crippen molar-refractivity contribution < 1.29 is 14.3 Å². The zero-order valence-corrected chi connectivity index (χ0v) is 13.2. The van der Waals surface area contributed by atoms with E-state index in [1.165, 1.54) is 17.6 Å². The van der Waals surface area contributed by atoms with Gasteiger partial charge < -0.3 is 14.8 Å². The number of hydrogen-bond donors (Lipinski definition) is 2. The molecule has 2 aromatic heterocycles. The molecule has 0 aliphatic carbocycles. The van der Waals surface area contributed by atoms with Crippen LogP contribution in [0.15, 0.2) is 22.1 Å². The number of carbonyl (C=O) groups is 1. The molecular formula is C15H20N2O3S. The first-order chi connectivity index (χ1) is 10.0. The molecule has 2 N–H and O–H groups in total. The van der Waals surface area contributed by atoms with Crippen LogP contribution in [0.25, 0.3) is 11.5 Å². The van der Waals surface area contributed by atoms with Crippen LogP contribution in [0, 0.1) is 12.8 Å². The highest BCUT2D eigenvalue weighted by molar-refractivity contribution is 7.09. The molecule has 2 aromatic rings. The standard InChI is InChI=1S/C15H20N2O3S/c1-4-9(2)13(18)6-16-15(19)11-5-14(20-7-11)12-8-21-10(3)17-12/h5,7-9,13,18H,4,6H2,1-3H3,(H,16,19). The Bertz CT molecular complexity index is 606. The number of hydrogen-bond acceptors (Lipinski definition) is 5. The molecule has 2 heterocycles. The highest BCUT2D eigenvalue weighted by Crippen LogP contribution is 2.23. The fourth-order valence-electron chi connectivity index (χ4n) is 1.84.